The van der Waals surface area contributed by atoms with Gasteiger partial charge in [-0.2, -0.15) is 0 Å². The van der Waals surface area contributed by atoms with Crippen LogP contribution in [0.3, 0.4) is 0 Å². The van der Waals surface area contributed by atoms with Gasteiger partial charge in [0.05, 0.1) is 16.3 Å². The molecule has 3 aromatic rings. The minimum absolute atomic E-state index is 0.0343. The smallest absolute Gasteiger partial charge is 0.246 e. The van der Waals surface area contributed by atoms with Gasteiger partial charge in [-0.25, -0.2) is 8.42 Å². The number of benzene rings is 3. The number of unbranched alkanes of at least 4 members (excludes halogenated alkanes) is 1. The number of para-hydroxylation sites is 2. The number of nitrogens with one attached hydrogen (secondary N) is 1. The summed E-state index contributed by atoms with van der Waals surface area (Å²) in [5.41, 5.74) is 7.53. The van der Waals surface area contributed by atoms with Crippen molar-refractivity contribution in [3.63, 3.8) is 0 Å². The summed E-state index contributed by atoms with van der Waals surface area (Å²) in [6.45, 7) is 2.63. The lowest BCUT2D eigenvalue weighted by atomic mass is 9.76. The maximum Gasteiger partial charge on any atom is 0.246 e. The number of likely N-dealkylation sites (tertiary alicyclic amines) is 1. The van der Waals surface area contributed by atoms with Crippen LogP contribution < -0.4 is 11.1 Å². The van der Waals surface area contributed by atoms with Gasteiger partial charge >= 0.3 is 0 Å². The molecule has 1 spiro atoms. The quantitative estimate of drug-likeness (QED) is 0.153. The Morgan fingerprint density at radius 1 is 0.881 bits per heavy atom. The van der Waals surface area contributed by atoms with Crippen molar-refractivity contribution >= 4 is 32.9 Å². The highest BCUT2D eigenvalue weighted by molar-refractivity contribution is 7.93. The van der Waals surface area contributed by atoms with Crippen molar-refractivity contribution in [2.45, 2.75) is 54.6 Å². The molecule has 42 heavy (non-hydrogen) atoms. The Balaban J connectivity index is 1.44. The third-order valence-corrected chi connectivity index (χ3v) is 11.5. The highest BCUT2D eigenvalue weighted by atomic mass is 32.2. The Labute approximate surface area is 248 Å². The van der Waals surface area contributed by atoms with E-state index in [4.69, 9.17) is 12.2 Å². The molecule has 2 fully saturated rings. The van der Waals surface area contributed by atoms with E-state index in [-0.39, 0.29) is 28.9 Å². The number of hydrogen-bond donors (Lipinski definition) is 2. The van der Waals surface area contributed by atoms with Crippen LogP contribution in [0.2, 0.25) is 0 Å². The van der Waals surface area contributed by atoms with Crippen LogP contribution in [0.4, 0.5) is 11.4 Å². The number of hydrogen-bond acceptors (Lipinski definition) is 6. The maximum atomic E-state index is 14.5. The van der Waals surface area contributed by atoms with Gasteiger partial charge in [0.15, 0.2) is 20.4 Å². The molecule has 1 saturated heterocycles. The number of sulfone groups is 1. The van der Waals surface area contributed by atoms with Crippen LogP contribution in [0.15, 0.2) is 83.8 Å². The molecule has 1 saturated carbocycles. The third-order valence-electron chi connectivity index (χ3n) is 9.03. The lowest BCUT2D eigenvalue weighted by molar-refractivity contribution is -0.118. The van der Waals surface area contributed by atoms with Crippen LogP contribution in [-0.4, -0.2) is 49.4 Å². The number of carbonyl (C=O) groups is 2. The van der Waals surface area contributed by atoms with E-state index in [9.17, 15) is 18.0 Å². The van der Waals surface area contributed by atoms with Crippen molar-refractivity contribution in [2.75, 3.05) is 30.7 Å². The van der Waals surface area contributed by atoms with Crippen LogP contribution in [0.25, 0.3) is 0 Å². The highest BCUT2D eigenvalue weighted by Crippen LogP contribution is 2.55. The number of piperidine rings is 1. The average molecular weight is 584 g/mol. The highest BCUT2D eigenvalue weighted by Gasteiger charge is 2.60. The Bertz CT molecular complexity index is 1590. The molecule has 5 rings (SSSR count). The first-order chi connectivity index (χ1) is 20.2. The first-order valence-corrected chi connectivity index (χ1v) is 15.9. The van der Waals surface area contributed by atoms with Gasteiger partial charge in [0, 0.05) is 17.5 Å². The Hall–Kier alpha value is -3.93. The predicted octanol–water partition coefficient (Wildman–Crippen LogP) is 5.33. The van der Waals surface area contributed by atoms with Crippen molar-refractivity contribution in [1.29, 1.82) is 0 Å². The summed E-state index contributed by atoms with van der Waals surface area (Å²) in [5.74, 6) is 1.94. The van der Waals surface area contributed by atoms with Crippen molar-refractivity contribution in [1.82, 2.24) is 4.90 Å². The summed E-state index contributed by atoms with van der Waals surface area (Å²) in [7, 11) is -4.15. The average Bonchev–Trinajstić information content (AvgIpc) is 3.40. The molecule has 3 N–H and O–H groups in total. The molecule has 1 atom stereocenters. The number of amides is 1. The molecule has 0 aromatic heterocycles. The van der Waals surface area contributed by atoms with E-state index in [1.54, 1.807) is 48.5 Å². The lowest BCUT2D eigenvalue weighted by Crippen LogP contribution is -2.49. The molecule has 7 nitrogen and oxygen atoms in total. The number of nitrogens with two attached hydrogens (primary N) is 1. The molecule has 1 unspecified atom stereocenters. The lowest BCUT2D eigenvalue weighted by Gasteiger charge is -2.40. The Morgan fingerprint density at radius 3 is 2.19 bits per heavy atom. The number of carbonyl (C=O) groups excluding carboxylic acids is 2. The molecule has 218 valence electrons. The minimum atomic E-state index is -4.15. The molecular weight excluding hydrogens is 546 g/mol. The fraction of sp³-hybridized carbons (Fsp3) is 0.353. The molecule has 1 aliphatic carbocycles. The molecule has 0 bridgehead atoms. The third kappa shape index (κ3) is 5.72. The van der Waals surface area contributed by atoms with Crippen LogP contribution in [-0.2, 0) is 14.6 Å². The summed E-state index contributed by atoms with van der Waals surface area (Å²) >= 11 is 0. The zero-order valence-corrected chi connectivity index (χ0v) is 24.5. The maximum absolute atomic E-state index is 14.5. The standard InChI is InChI=1S/C34H37N3O4S/c1-2-3-9-22-37-23-20-33(21-24-37)18-19-34(25-33,32(39)36-30-13-8-7-12-29(30)35)42(40,41)28-16-14-27(15-17-28)31(38)26-10-5-4-6-11-26/h1,4-8,10-17H,3,9,18-25,35H2,(H,36,39). The van der Waals surface area contributed by atoms with Crippen LogP contribution in [0, 0.1) is 17.8 Å². The van der Waals surface area contributed by atoms with E-state index in [2.05, 4.69) is 16.1 Å². The van der Waals surface area contributed by atoms with Crippen molar-refractivity contribution in [3.8, 4) is 12.3 Å². The van der Waals surface area contributed by atoms with Crippen LogP contribution >= 0.6 is 0 Å². The Kier molecular flexibility index (Phi) is 8.53. The van der Waals surface area contributed by atoms with Crippen molar-refractivity contribution < 1.29 is 18.0 Å². The van der Waals surface area contributed by atoms with E-state index in [0.29, 0.717) is 28.9 Å². The molecule has 1 heterocycles. The normalized spacial score (nSPS) is 20.2. The van der Waals surface area contributed by atoms with Crippen LogP contribution in [0.5, 0.6) is 0 Å². The number of nitrogens with zero attached hydrogens (tertiary/aromatic N) is 1. The topological polar surface area (TPSA) is 110 Å². The first kappa shape index (κ1) is 29.6. The zero-order chi connectivity index (χ0) is 29.8. The second-order valence-corrected chi connectivity index (χ2v) is 13.8. The van der Waals surface area contributed by atoms with Gasteiger partial charge in [0.25, 0.3) is 0 Å². The largest absolute Gasteiger partial charge is 0.397 e. The van der Waals surface area contributed by atoms with Gasteiger partial charge in [0.1, 0.15) is 0 Å². The second kappa shape index (κ2) is 12.1. The summed E-state index contributed by atoms with van der Waals surface area (Å²) < 4.78 is 27.3. The fourth-order valence-electron chi connectivity index (χ4n) is 6.49. The van der Waals surface area contributed by atoms with Gasteiger partial charge in [-0.3, -0.25) is 9.59 Å². The van der Waals surface area contributed by atoms with Gasteiger partial charge in [-0.15, -0.1) is 12.3 Å². The molecule has 1 aliphatic heterocycles. The number of nitrogen functional groups attached to an aromatic ring is 1. The number of terminal acetylenes is 1. The summed E-state index contributed by atoms with van der Waals surface area (Å²) in [5, 5.41) is 2.86. The zero-order valence-electron chi connectivity index (χ0n) is 23.7. The van der Waals surface area contributed by atoms with Crippen molar-refractivity contribution in [3.05, 3.63) is 90.0 Å². The van der Waals surface area contributed by atoms with E-state index < -0.39 is 20.5 Å². The molecule has 1 amide bonds. The molecular formula is C34H37N3O4S. The van der Waals surface area contributed by atoms with E-state index in [0.717, 1.165) is 45.3 Å². The molecule has 0 radical (unpaired) electrons. The summed E-state index contributed by atoms with van der Waals surface area (Å²) in [4.78, 5) is 29.5. The van der Waals surface area contributed by atoms with Crippen molar-refractivity contribution in [2.24, 2.45) is 5.41 Å². The first-order valence-electron chi connectivity index (χ1n) is 14.5. The van der Waals surface area contributed by atoms with Gasteiger partial charge in [-0.05, 0) is 100.0 Å². The van der Waals surface area contributed by atoms with Gasteiger partial charge in [0.2, 0.25) is 5.91 Å². The van der Waals surface area contributed by atoms with E-state index in [1.165, 1.54) is 24.3 Å². The summed E-state index contributed by atoms with van der Waals surface area (Å²) in [6, 6.07) is 21.7. The van der Waals surface area contributed by atoms with Crippen LogP contribution in [0.1, 0.15) is 60.9 Å². The fourth-order valence-corrected chi connectivity index (χ4v) is 8.60. The van der Waals surface area contributed by atoms with Gasteiger partial charge in [-0.1, -0.05) is 42.5 Å². The number of ketones is 1. The minimum Gasteiger partial charge on any atom is -0.397 e. The molecule has 3 aromatic carbocycles. The SMILES string of the molecule is C#CCCCN1CCC2(CC1)CCC(C(=O)Nc1ccccc1N)(S(=O)(=O)c1ccc(C(=O)c3ccccc3)cc1)C2. The monoisotopic (exact) mass is 583 g/mol. The van der Waals surface area contributed by atoms with E-state index >= 15 is 0 Å². The predicted molar refractivity (Wildman–Crippen MR) is 166 cm³/mol. The Morgan fingerprint density at radius 2 is 1.52 bits per heavy atom. The molecule has 8 heteroatoms. The number of anilines is 2. The van der Waals surface area contributed by atoms with E-state index in [1.807, 2.05) is 6.07 Å². The second-order valence-electron chi connectivity index (χ2n) is 11.6. The summed E-state index contributed by atoms with van der Waals surface area (Å²) in [6.07, 6.45) is 9.84. The molecule has 2 aliphatic rings. The number of rotatable bonds is 9. The van der Waals surface area contributed by atoms with Gasteiger partial charge < -0.3 is 16.0 Å².